The van der Waals surface area contributed by atoms with Crippen molar-refractivity contribution in [3.63, 3.8) is 0 Å². The summed E-state index contributed by atoms with van der Waals surface area (Å²) in [4.78, 5) is 35.2. The van der Waals surface area contributed by atoms with Gasteiger partial charge in [0, 0.05) is 45.6 Å². The molecule has 0 amide bonds. The van der Waals surface area contributed by atoms with E-state index in [9.17, 15) is 14.9 Å². The summed E-state index contributed by atoms with van der Waals surface area (Å²) in [5.74, 6) is 0. The van der Waals surface area contributed by atoms with E-state index in [4.69, 9.17) is 4.99 Å². The summed E-state index contributed by atoms with van der Waals surface area (Å²) in [5.41, 5.74) is 7.75. The van der Waals surface area contributed by atoms with Crippen molar-refractivity contribution in [3.05, 3.63) is 136 Å². The molecule has 43 heavy (non-hydrogen) atoms. The Morgan fingerprint density at radius 2 is 1.56 bits per heavy atom. The highest BCUT2D eigenvalue weighted by atomic mass is 32.1. The molecule has 6 rings (SSSR count). The quantitative estimate of drug-likeness (QED) is 0.218. The van der Waals surface area contributed by atoms with Crippen molar-refractivity contribution in [2.75, 3.05) is 38.0 Å². The number of nitrogens with zero attached hydrogens (tertiary/aromatic N) is 5. The van der Waals surface area contributed by atoms with E-state index < -0.39 is 4.92 Å². The molecule has 1 aliphatic heterocycles. The van der Waals surface area contributed by atoms with Gasteiger partial charge in [-0.05, 0) is 84.0 Å². The molecule has 0 spiro atoms. The number of para-hydroxylation sites is 1. The molecule has 0 fully saturated rings. The molecule has 0 radical (unpaired) electrons. The number of nitro groups is 1. The van der Waals surface area contributed by atoms with E-state index in [1.165, 1.54) is 17.4 Å². The van der Waals surface area contributed by atoms with Crippen molar-refractivity contribution < 1.29 is 4.92 Å². The number of rotatable bonds is 6. The lowest BCUT2D eigenvalue weighted by Crippen LogP contribution is -2.39. The molecule has 0 N–H and O–H groups in total. The Morgan fingerprint density at radius 1 is 0.907 bits per heavy atom. The van der Waals surface area contributed by atoms with Crippen LogP contribution in [0.5, 0.6) is 0 Å². The number of hydrogen-bond acceptors (Lipinski definition) is 7. The number of allylic oxidation sites excluding steroid dienone is 2. The number of thiazole rings is 1. The number of nitro benzene ring substituents is 1. The summed E-state index contributed by atoms with van der Waals surface area (Å²) in [6.07, 6.45) is 6.53. The van der Waals surface area contributed by atoms with Gasteiger partial charge in [0.1, 0.15) is 0 Å². The minimum absolute atomic E-state index is 0.0334. The van der Waals surface area contributed by atoms with E-state index in [0.29, 0.717) is 14.9 Å². The second kappa shape index (κ2) is 11.5. The van der Waals surface area contributed by atoms with Gasteiger partial charge in [0.2, 0.25) is 0 Å². The van der Waals surface area contributed by atoms with Crippen LogP contribution in [0.4, 0.5) is 17.1 Å². The molecule has 1 atom stereocenters. The van der Waals surface area contributed by atoms with Crippen molar-refractivity contribution in [2.24, 2.45) is 4.99 Å². The molecule has 1 aromatic heterocycles. The van der Waals surface area contributed by atoms with E-state index in [1.807, 2.05) is 28.2 Å². The summed E-state index contributed by atoms with van der Waals surface area (Å²) in [7, 11) is 8.07. The van der Waals surface area contributed by atoms with Crippen molar-refractivity contribution >= 4 is 40.6 Å². The SMILES string of the molecule is CN(C)c1ccc(/C=C2\CCCC3=C2N=c2s/c(=C/c4ccccc4[N+](=O)[O-])c(=O)n2[C@@H]3c2ccc(N(C)C)cc2)cc1. The molecule has 3 aromatic carbocycles. The summed E-state index contributed by atoms with van der Waals surface area (Å²) in [6.45, 7) is 0. The number of benzene rings is 3. The highest BCUT2D eigenvalue weighted by Crippen LogP contribution is 2.41. The largest absolute Gasteiger partial charge is 0.378 e. The third-order valence-corrected chi connectivity index (χ3v) is 9.01. The third-order valence-electron chi connectivity index (χ3n) is 8.03. The fraction of sp³-hybridized carbons (Fsp3) is 0.235. The summed E-state index contributed by atoms with van der Waals surface area (Å²) >= 11 is 1.28. The second-order valence-electron chi connectivity index (χ2n) is 11.3. The highest BCUT2D eigenvalue weighted by molar-refractivity contribution is 7.07. The van der Waals surface area contributed by atoms with Crippen LogP contribution in [0, 0.1) is 10.1 Å². The maximum absolute atomic E-state index is 14.1. The van der Waals surface area contributed by atoms with Gasteiger partial charge in [-0.1, -0.05) is 47.7 Å². The Bertz CT molecular complexity index is 1950. The van der Waals surface area contributed by atoms with Gasteiger partial charge in [-0.2, -0.15) is 0 Å². The minimum Gasteiger partial charge on any atom is -0.378 e. The maximum atomic E-state index is 14.1. The number of fused-ring (bicyclic) bond motifs is 1. The molecular formula is C34H33N5O3S. The topological polar surface area (TPSA) is 84.0 Å². The van der Waals surface area contributed by atoms with Gasteiger partial charge in [0.05, 0.1) is 26.8 Å². The smallest absolute Gasteiger partial charge is 0.276 e. The Labute approximate surface area is 254 Å². The lowest BCUT2D eigenvalue weighted by Gasteiger charge is -2.31. The van der Waals surface area contributed by atoms with Crippen LogP contribution in [-0.2, 0) is 0 Å². The minimum atomic E-state index is -0.418. The lowest BCUT2D eigenvalue weighted by molar-refractivity contribution is -0.385. The third kappa shape index (κ3) is 5.44. The molecule has 1 aliphatic carbocycles. The molecule has 2 heterocycles. The van der Waals surface area contributed by atoms with Gasteiger partial charge in [0.15, 0.2) is 4.80 Å². The zero-order valence-electron chi connectivity index (χ0n) is 24.7. The van der Waals surface area contributed by atoms with Crippen LogP contribution >= 0.6 is 11.3 Å². The Kier molecular flexibility index (Phi) is 7.58. The van der Waals surface area contributed by atoms with Gasteiger partial charge in [-0.3, -0.25) is 19.5 Å². The Balaban J connectivity index is 1.55. The number of aromatic nitrogens is 1. The first-order chi connectivity index (χ1) is 20.7. The first-order valence-corrected chi connectivity index (χ1v) is 15.1. The van der Waals surface area contributed by atoms with E-state index >= 15 is 0 Å². The molecular weight excluding hydrogens is 558 g/mol. The van der Waals surface area contributed by atoms with Crippen molar-refractivity contribution in [2.45, 2.75) is 25.3 Å². The number of anilines is 2. The van der Waals surface area contributed by atoms with Gasteiger partial charge >= 0.3 is 0 Å². The first-order valence-electron chi connectivity index (χ1n) is 14.2. The average Bonchev–Trinajstić information content (AvgIpc) is 3.31. The zero-order valence-corrected chi connectivity index (χ0v) is 25.5. The van der Waals surface area contributed by atoms with Crippen molar-refractivity contribution in [3.8, 4) is 0 Å². The van der Waals surface area contributed by atoms with Crippen LogP contribution < -0.4 is 24.7 Å². The van der Waals surface area contributed by atoms with Gasteiger partial charge in [-0.15, -0.1) is 0 Å². The van der Waals surface area contributed by atoms with Gasteiger partial charge in [0.25, 0.3) is 11.2 Å². The van der Waals surface area contributed by atoms with Gasteiger partial charge in [-0.25, -0.2) is 4.99 Å². The molecule has 8 nitrogen and oxygen atoms in total. The molecule has 0 bridgehead atoms. The fourth-order valence-corrected chi connectivity index (χ4v) is 6.79. The zero-order chi connectivity index (χ0) is 30.2. The van der Waals surface area contributed by atoms with Crippen LogP contribution in [0.3, 0.4) is 0 Å². The second-order valence-corrected chi connectivity index (χ2v) is 12.3. The molecule has 0 unspecified atom stereocenters. The van der Waals surface area contributed by atoms with Crippen LogP contribution in [0.15, 0.2) is 99.4 Å². The van der Waals surface area contributed by atoms with Crippen molar-refractivity contribution in [1.82, 2.24) is 4.57 Å². The predicted octanol–water partition coefficient (Wildman–Crippen LogP) is 5.52. The van der Waals surface area contributed by atoms with E-state index in [1.54, 1.807) is 28.8 Å². The molecule has 4 aromatic rings. The molecule has 0 saturated heterocycles. The molecule has 0 saturated carbocycles. The number of hydrogen-bond donors (Lipinski definition) is 0. The predicted molar refractivity (Wildman–Crippen MR) is 175 cm³/mol. The standard InChI is InChI=1S/C34H33N5O3S/c1-36(2)26-16-12-22(13-17-26)20-25-9-7-10-28-31(25)35-34-38(32(28)23-14-18-27(19-15-23)37(3)4)33(40)30(43-34)21-24-8-5-6-11-29(24)39(41)42/h5-6,8,11-21,32H,7,9-10H2,1-4H3/b25-20+,30-21+/t32-/m1/s1. The normalized spacial score (nSPS) is 17.3. The fourth-order valence-electron chi connectivity index (χ4n) is 5.80. The van der Waals surface area contributed by atoms with Crippen LogP contribution in [0.25, 0.3) is 12.2 Å². The average molecular weight is 592 g/mol. The van der Waals surface area contributed by atoms with Gasteiger partial charge < -0.3 is 9.80 Å². The Morgan fingerprint density at radius 3 is 2.21 bits per heavy atom. The molecule has 2 aliphatic rings. The van der Waals surface area contributed by atoms with Crippen molar-refractivity contribution in [1.29, 1.82) is 0 Å². The van der Waals surface area contributed by atoms with E-state index in [0.717, 1.165) is 58.6 Å². The maximum Gasteiger partial charge on any atom is 0.276 e. The Hall–Kier alpha value is -4.76. The summed E-state index contributed by atoms with van der Waals surface area (Å²) in [5, 5.41) is 11.7. The van der Waals surface area contributed by atoms with E-state index in [-0.39, 0.29) is 17.3 Å². The van der Waals surface area contributed by atoms with Crippen LogP contribution in [0.1, 0.15) is 42.0 Å². The first kappa shape index (κ1) is 28.4. The summed E-state index contributed by atoms with van der Waals surface area (Å²) in [6, 6.07) is 23.0. The highest BCUT2D eigenvalue weighted by Gasteiger charge is 2.32. The molecule has 218 valence electrons. The molecule has 9 heteroatoms. The monoisotopic (exact) mass is 591 g/mol. The van der Waals surface area contributed by atoms with Crippen LogP contribution in [0.2, 0.25) is 0 Å². The van der Waals surface area contributed by atoms with Crippen LogP contribution in [-0.4, -0.2) is 37.7 Å². The lowest BCUT2D eigenvalue weighted by atomic mass is 9.83. The van der Waals surface area contributed by atoms with E-state index in [2.05, 4.69) is 64.4 Å². The summed E-state index contributed by atoms with van der Waals surface area (Å²) < 4.78 is 2.21.